The number of carbonyl (C=O) groups excluding carboxylic acids is 13. The molecule has 6 aliphatic carbocycles. The Bertz CT molecular complexity index is 5580. The van der Waals surface area contributed by atoms with Crippen LogP contribution in [0.3, 0.4) is 0 Å². The molecule has 12 aliphatic rings. The number of aromatic nitrogens is 2. The summed E-state index contributed by atoms with van der Waals surface area (Å²) in [4.78, 5) is 215. The summed E-state index contributed by atoms with van der Waals surface area (Å²) in [5, 5.41) is 37.1. The first-order valence-electron chi connectivity index (χ1n) is 50.1. The van der Waals surface area contributed by atoms with Crippen LogP contribution in [0.25, 0.3) is 33.0 Å². The van der Waals surface area contributed by atoms with Crippen molar-refractivity contribution in [3.63, 3.8) is 0 Å². The molecule has 6 aliphatic heterocycles. The molecule has 10 fully saturated rings. The average Bonchev–Trinajstić information content (AvgIpc) is 1.61. The summed E-state index contributed by atoms with van der Waals surface area (Å²) in [5.74, 6) is -6.71. The van der Waals surface area contributed by atoms with E-state index in [9.17, 15) is 52.7 Å². The molecule has 2 spiro atoms. The topological polar surface area (TPSA) is 475 Å². The number of aromatic amines is 2. The molecule has 760 valence electrons. The number of methoxy groups -OCH3 is 2. The molecule has 0 radical (unpaired) electrons. The van der Waals surface area contributed by atoms with Gasteiger partial charge in [-0.2, -0.15) is 0 Å². The molecule has 4 saturated carbocycles. The van der Waals surface area contributed by atoms with Gasteiger partial charge in [0.2, 0.25) is 76.8 Å². The molecule has 14 atom stereocenters. The van der Waals surface area contributed by atoms with Gasteiger partial charge in [0.25, 0.3) is 0 Å². The zero-order valence-corrected chi connectivity index (χ0v) is 79.6. The molecule has 6 saturated heterocycles. The molecule has 14 N–H and O–H groups in total. The number of nitrogens with one attached hydrogen (secondary N) is 11. The van der Waals surface area contributed by atoms with Crippen LogP contribution < -0.4 is 53.6 Å². The molecule has 6 aromatic rings. The number of rotatable bonds is 23. The third kappa shape index (κ3) is 23.9. The molecule has 4 aromatic carbocycles. The van der Waals surface area contributed by atoms with E-state index in [0.29, 0.717) is 129 Å². The highest BCUT2D eigenvalue weighted by atomic mass is 16.5. The minimum absolute atomic E-state index is 0. The van der Waals surface area contributed by atoms with Crippen LogP contribution in [0.5, 0.6) is 0 Å². The van der Waals surface area contributed by atoms with Crippen molar-refractivity contribution in [1.82, 2.24) is 77.4 Å². The van der Waals surface area contributed by atoms with Crippen LogP contribution in [0.15, 0.2) is 122 Å². The van der Waals surface area contributed by atoms with Gasteiger partial charge in [-0.15, -0.1) is 0 Å². The summed E-state index contributed by atoms with van der Waals surface area (Å²) in [7, 11) is 3.06. The fourth-order valence-electron chi connectivity index (χ4n) is 23.5. The largest absolute Gasteiger partial charge is 0.480 e. The van der Waals surface area contributed by atoms with Crippen molar-refractivity contribution in [3.8, 4) is 0 Å². The Balaban J connectivity index is 0.000000205. The number of benzene rings is 4. The van der Waals surface area contributed by atoms with E-state index in [0.717, 1.165) is 118 Å². The second kappa shape index (κ2) is 48.1. The number of amides is 13. The average molecular weight is 1940 g/mol. The summed E-state index contributed by atoms with van der Waals surface area (Å²) < 4.78 is 19.6. The Morgan fingerprint density at radius 3 is 1.28 bits per heavy atom. The van der Waals surface area contributed by atoms with Crippen LogP contribution in [0.2, 0.25) is 0 Å². The lowest BCUT2D eigenvalue weighted by Crippen LogP contribution is -2.65. The maximum absolute atomic E-state index is 15.2. The Kier molecular flexibility index (Phi) is 35.7. The molecular weight excluding hydrogens is 1800 g/mol. The van der Waals surface area contributed by atoms with Crippen LogP contribution in [0, 0.1) is 11.8 Å². The van der Waals surface area contributed by atoms with E-state index >= 15 is 14.4 Å². The number of fused-ring (bicyclic) bond motifs is 12. The van der Waals surface area contributed by atoms with Gasteiger partial charge in [0.15, 0.2) is 0 Å². The van der Waals surface area contributed by atoms with Crippen molar-refractivity contribution in [2.24, 2.45) is 17.6 Å². The monoisotopic (exact) mass is 1940 g/mol. The first-order chi connectivity index (χ1) is 67.4. The number of carboxylic acid groups (broad SMARTS) is 1. The Labute approximate surface area is 823 Å². The van der Waals surface area contributed by atoms with Crippen LogP contribution in [0.1, 0.15) is 215 Å². The van der Waals surface area contributed by atoms with Crippen molar-refractivity contribution in [2.45, 2.75) is 291 Å². The Morgan fingerprint density at radius 2 is 0.837 bits per heavy atom. The number of hydrogen-bond donors (Lipinski definition) is 13. The first kappa shape index (κ1) is 105. The highest BCUT2D eigenvalue weighted by molar-refractivity contribution is 6.04. The highest BCUT2D eigenvalue weighted by Gasteiger charge is 2.56. The number of nitrogens with zero attached hydrogens (tertiary/aromatic N) is 4. The summed E-state index contributed by atoms with van der Waals surface area (Å²) >= 11 is 0. The Morgan fingerprint density at radius 1 is 0.433 bits per heavy atom. The number of aliphatic carboxylic acids is 1. The van der Waals surface area contributed by atoms with Gasteiger partial charge >= 0.3 is 5.97 Å². The van der Waals surface area contributed by atoms with Crippen molar-refractivity contribution in [3.05, 3.63) is 155 Å². The zero-order chi connectivity index (χ0) is 97.4. The van der Waals surface area contributed by atoms with Gasteiger partial charge in [-0.1, -0.05) is 163 Å². The van der Waals surface area contributed by atoms with E-state index in [1.807, 2.05) is 97.2 Å². The molecule has 35 heteroatoms. The molecule has 8 heterocycles. The fourth-order valence-corrected chi connectivity index (χ4v) is 23.5. The predicted octanol–water partition coefficient (Wildman–Crippen LogP) is 7.10. The van der Waals surface area contributed by atoms with Crippen LogP contribution in [-0.4, -0.2) is 281 Å². The smallest absolute Gasteiger partial charge is 0.329 e. The van der Waals surface area contributed by atoms with Gasteiger partial charge in [-0.3, -0.25) is 62.3 Å². The molecule has 18 rings (SSSR count). The lowest BCUT2D eigenvalue weighted by Gasteiger charge is -2.38. The lowest BCUT2D eigenvalue weighted by molar-refractivity contribution is -0.150. The summed E-state index contributed by atoms with van der Waals surface area (Å²) in [6.45, 7) is 1.49. The van der Waals surface area contributed by atoms with E-state index in [1.165, 1.54) is 19.1 Å². The predicted molar refractivity (Wildman–Crippen MR) is 529 cm³/mol. The van der Waals surface area contributed by atoms with Crippen LogP contribution in [-0.2, 0) is 112 Å². The quantitative estimate of drug-likeness (QED) is 0.0284. The standard InChI is InChI=1S/C52H66N8O9.C47H58N8O6.C5H10O4.2CH4/c1-68-25-26-69-31-45(61)53-23-20-39-49(65)59-24-10-17-43(59)50(66)60-42-16-7-3-12-34(42)29-44(60)48(64)56-41(27-33-19-18-32-11-2-4-13-36(32)33)47(63)58-52(21-8-9-22-52)51(67)57-40(46(62)55-39)28-35-30-54-38-15-6-5-14-37(35)38;48-22-19-35-44(59)54-23-9-16-39(54)45(60)55-38-15-6-2-11-30(38)26-40(55)43(58)51-37(24-29-18-17-28-10-1-3-12-32(28)29)42(57)53-47(20-7-8-21-47)46(61)52-36(41(56)50-35)25-31-27-49-34-14-5-4-13-33(31)34;1-8-2-3-9-4-5(6)7;;/h2,4-6,11,13-15,19,30,34,39-44,54H,3,7-10,12,16-18,20-29,31H2,1H3,(H,53,61)(H,55,62)(H,56,64)(H,57,67)(H,58,63);1,3-5,10,12-14,18,27,30,35-40,49H,2,6-9,11,15-17,19-26,48H2,(H,50,56)(H,51,58)(H,52,61)(H,53,57);2-4H2,1H3,(H,6,7);2*1H4/t34-,39-,40-,41-,42-,43+,44-;30-,35-,36-,37-,38-,39+,40-;;;/m00.../s1. The van der Waals surface area contributed by atoms with Crippen LogP contribution in [0.4, 0.5) is 0 Å². The molecule has 141 heavy (non-hydrogen) atoms. The van der Waals surface area contributed by atoms with Crippen molar-refractivity contribution in [2.75, 3.05) is 80.0 Å². The van der Waals surface area contributed by atoms with Crippen molar-refractivity contribution < 1.29 is 91.2 Å². The van der Waals surface area contributed by atoms with Gasteiger partial charge in [-0.25, -0.2) is 4.79 Å². The van der Waals surface area contributed by atoms with Crippen molar-refractivity contribution >= 4 is 116 Å². The zero-order valence-electron chi connectivity index (χ0n) is 79.6. The number of H-pyrrole nitrogens is 2. The second-order valence-electron chi connectivity index (χ2n) is 39.4. The lowest BCUT2D eigenvalue weighted by atomic mass is 9.84. The van der Waals surface area contributed by atoms with E-state index in [1.54, 1.807) is 20.9 Å². The maximum Gasteiger partial charge on any atom is 0.329 e. The van der Waals surface area contributed by atoms with Crippen molar-refractivity contribution in [1.29, 1.82) is 0 Å². The molecule has 2 aromatic heterocycles. The minimum Gasteiger partial charge on any atom is -0.480 e. The SMILES string of the molecule is C.C.COCCOCC(=O)NCC[C@@H]1NC(=O)[C@H](Cc2c[nH]c3ccccc23)NC(=O)C2(CCCC2)NC(=O)[C@H](CC2=CCc3ccccc32)NC(=O)[C@@H]2C[C@@H]3CCCC[C@@H]3N2C(=O)[C@H]2CCCN2C1=O.COCCOCC(=O)O.NCC[C@@H]1NC(=O)[C@H](Cc2c[nH]c3ccccc23)NC(=O)C2(CCCC2)NC(=O)[C@H](CC2=CCc3ccccc32)NC(=O)[C@@H]2C[C@@H]3CCCC[C@@H]3N2C(=O)[C@H]2CCCN2C1=O. The molecular formula is C106H142N16O19. The van der Waals surface area contributed by atoms with Gasteiger partial charge in [-0.05, 0) is 191 Å². The Hall–Kier alpha value is -12.2. The third-order valence-electron chi connectivity index (χ3n) is 30.6. The second-order valence-corrected chi connectivity index (χ2v) is 39.4. The number of ether oxygens (including phenoxy) is 4. The summed E-state index contributed by atoms with van der Waals surface area (Å²) in [6, 6.07) is 20.8. The molecule has 35 nitrogen and oxygen atoms in total. The number of hydrogen-bond acceptors (Lipinski definition) is 19. The van der Waals surface area contributed by atoms with E-state index in [4.69, 9.17) is 20.3 Å². The fraction of sp³-hybridized carbons (Fsp3) is 0.566. The number of carboxylic acids is 1. The van der Waals surface area contributed by atoms with E-state index < -0.39 is 142 Å². The third-order valence-corrected chi connectivity index (χ3v) is 30.6. The van der Waals surface area contributed by atoms with Crippen LogP contribution >= 0.6 is 0 Å². The molecule has 0 unspecified atom stereocenters. The van der Waals surface area contributed by atoms with E-state index in [2.05, 4.69) is 85.5 Å². The first-order valence-corrected chi connectivity index (χ1v) is 50.1. The number of carbonyl (C=O) groups is 14. The van der Waals surface area contributed by atoms with E-state index in [-0.39, 0.29) is 129 Å². The number of para-hydroxylation sites is 2. The minimum atomic E-state index is -1.41. The summed E-state index contributed by atoms with van der Waals surface area (Å²) in [6.07, 6.45) is 23.5. The maximum atomic E-state index is 15.2. The normalized spacial score (nSPS) is 26.8. The summed E-state index contributed by atoms with van der Waals surface area (Å²) in [5.41, 5.74) is 12.7. The van der Waals surface area contributed by atoms with Gasteiger partial charge in [0.1, 0.15) is 84.7 Å². The molecule has 0 bridgehead atoms. The van der Waals surface area contributed by atoms with Gasteiger partial charge < -0.3 is 107 Å². The highest BCUT2D eigenvalue weighted by Crippen LogP contribution is 2.45. The number of allylic oxidation sites excluding steroid dienone is 2. The van der Waals surface area contributed by atoms with Gasteiger partial charge in [0, 0.05) is 106 Å². The number of nitrogens with two attached hydrogens (primary N) is 1. The van der Waals surface area contributed by atoms with Gasteiger partial charge in [0.05, 0.1) is 26.4 Å². The molecule has 13 amide bonds.